The number of hydrogen-bond donors (Lipinski definition) is 2. The molecule has 0 atom stereocenters. The molecule has 0 radical (unpaired) electrons. The van der Waals surface area contributed by atoms with Crippen molar-refractivity contribution >= 4 is 46.5 Å². The number of pyridine rings is 1. The van der Waals surface area contributed by atoms with Gasteiger partial charge in [-0.1, -0.05) is 18.5 Å². The molecule has 2 aliphatic rings. The minimum Gasteiger partial charge on any atom is -0.505 e. The van der Waals surface area contributed by atoms with Gasteiger partial charge in [-0.3, -0.25) is 14.4 Å². The van der Waals surface area contributed by atoms with E-state index in [4.69, 9.17) is 16.3 Å². The number of nitrogens with one attached hydrogen (secondary N) is 1. The van der Waals surface area contributed by atoms with E-state index in [0.29, 0.717) is 37.6 Å². The highest BCUT2D eigenvalue weighted by Gasteiger charge is 2.34. The number of ether oxygens (including phenoxy) is 1. The number of fused-ring (bicyclic) bond motifs is 1. The third-order valence-corrected chi connectivity index (χ3v) is 8.82. The second kappa shape index (κ2) is 13.5. The van der Waals surface area contributed by atoms with Crippen molar-refractivity contribution in [2.45, 2.75) is 33.0 Å². The smallest absolute Gasteiger partial charge is 0.417 e. The summed E-state index contributed by atoms with van der Waals surface area (Å²) in [6, 6.07) is 4.83. The maximum atomic E-state index is 14.1. The van der Waals surface area contributed by atoms with Gasteiger partial charge in [0, 0.05) is 51.2 Å². The van der Waals surface area contributed by atoms with E-state index in [1.807, 2.05) is 16.7 Å². The predicted octanol–water partition coefficient (Wildman–Crippen LogP) is 2.97. The van der Waals surface area contributed by atoms with Crippen LogP contribution in [0.3, 0.4) is 0 Å². The monoisotopic (exact) mass is 703 g/mol. The van der Waals surface area contributed by atoms with E-state index in [9.17, 15) is 32.7 Å². The Morgan fingerprint density at radius 3 is 2.45 bits per heavy atom. The highest BCUT2D eigenvalue weighted by molar-refractivity contribution is 6.31. The molecule has 1 aromatic carbocycles. The van der Waals surface area contributed by atoms with Crippen LogP contribution in [0.15, 0.2) is 35.3 Å². The van der Waals surface area contributed by atoms with Crippen LogP contribution in [0.25, 0.3) is 5.78 Å². The van der Waals surface area contributed by atoms with Crippen molar-refractivity contribution in [3.05, 3.63) is 68.4 Å². The van der Waals surface area contributed by atoms with E-state index in [1.165, 1.54) is 30.2 Å². The van der Waals surface area contributed by atoms with Crippen LogP contribution < -0.4 is 20.7 Å². The van der Waals surface area contributed by atoms with Crippen LogP contribution in [-0.2, 0) is 28.7 Å². The molecule has 49 heavy (non-hydrogen) atoms. The first kappa shape index (κ1) is 34.0. The summed E-state index contributed by atoms with van der Waals surface area (Å²) >= 11 is 5.86. The molecule has 0 unspecified atom stereocenters. The lowest BCUT2D eigenvalue weighted by molar-refractivity contribution is -0.137. The Morgan fingerprint density at radius 1 is 1.08 bits per heavy atom. The van der Waals surface area contributed by atoms with Gasteiger partial charge in [0.25, 0.3) is 11.5 Å². The molecular weight excluding hydrogens is 671 g/mol. The van der Waals surface area contributed by atoms with Crippen molar-refractivity contribution in [3.8, 4) is 5.75 Å². The van der Waals surface area contributed by atoms with Gasteiger partial charge in [0.2, 0.25) is 17.6 Å². The first-order chi connectivity index (χ1) is 23.4. The normalized spacial score (nSPS) is 15.6. The number of anilines is 3. The molecule has 0 aliphatic carbocycles. The SMILES string of the molecule is CCc1c(N2CCN(C(=O)c3ncccc3O)CC2)c(=O)n2nc(N3CCOCC3)nc2n1CC(=O)Nc1cc(C(F)(F)F)c(Cl)cc1C. The van der Waals surface area contributed by atoms with Crippen LogP contribution >= 0.6 is 11.6 Å². The van der Waals surface area contributed by atoms with Crippen LogP contribution in [0.2, 0.25) is 5.02 Å². The summed E-state index contributed by atoms with van der Waals surface area (Å²) in [4.78, 5) is 54.6. The Balaban J connectivity index is 1.36. The zero-order valence-electron chi connectivity index (χ0n) is 26.6. The van der Waals surface area contributed by atoms with E-state index in [-0.39, 0.29) is 67.1 Å². The average Bonchev–Trinajstić information content (AvgIpc) is 3.53. The molecule has 2 saturated heterocycles. The molecule has 0 bridgehead atoms. The van der Waals surface area contributed by atoms with Crippen LogP contribution in [-0.4, -0.2) is 98.5 Å². The van der Waals surface area contributed by atoms with Crippen molar-refractivity contribution in [1.29, 1.82) is 0 Å². The van der Waals surface area contributed by atoms with Crippen LogP contribution in [0.5, 0.6) is 5.75 Å². The average molecular weight is 704 g/mol. The molecule has 5 heterocycles. The first-order valence-corrected chi connectivity index (χ1v) is 16.0. The summed E-state index contributed by atoms with van der Waals surface area (Å²) in [7, 11) is 0. The fourth-order valence-corrected chi connectivity index (χ4v) is 6.34. The van der Waals surface area contributed by atoms with E-state index in [2.05, 4.69) is 20.4 Å². The summed E-state index contributed by atoms with van der Waals surface area (Å²) in [5.41, 5.74) is -0.641. The second-order valence-electron chi connectivity index (χ2n) is 11.6. The molecule has 18 heteroatoms. The van der Waals surface area contributed by atoms with E-state index in [0.717, 1.165) is 16.6 Å². The molecule has 0 saturated carbocycles. The molecule has 14 nitrogen and oxygen atoms in total. The quantitative estimate of drug-likeness (QED) is 0.294. The minimum atomic E-state index is -4.73. The Labute approximate surface area is 282 Å². The van der Waals surface area contributed by atoms with Crippen LogP contribution in [0.4, 0.5) is 30.5 Å². The van der Waals surface area contributed by atoms with Gasteiger partial charge in [-0.25, -0.2) is 4.98 Å². The molecule has 2 N–H and O–H groups in total. The molecule has 2 amide bonds. The fourth-order valence-electron chi connectivity index (χ4n) is 6.02. The van der Waals surface area contributed by atoms with Crippen molar-refractivity contribution in [3.63, 3.8) is 0 Å². The number of carbonyl (C=O) groups excluding carboxylic acids is 2. The maximum Gasteiger partial charge on any atom is 0.417 e. The van der Waals surface area contributed by atoms with Gasteiger partial charge < -0.3 is 34.4 Å². The van der Waals surface area contributed by atoms with Gasteiger partial charge in [-0.15, -0.1) is 5.10 Å². The number of amides is 2. The molecule has 3 aromatic heterocycles. The Hall–Kier alpha value is -4.90. The van der Waals surface area contributed by atoms with E-state index >= 15 is 0 Å². The number of halogens is 4. The molecule has 0 spiro atoms. The summed E-state index contributed by atoms with van der Waals surface area (Å²) in [5.74, 6) is -0.990. The van der Waals surface area contributed by atoms with Gasteiger partial charge >= 0.3 is 6.18 Å². The highest BCUT2D eigenvalue weighted by Crippen LogP contribution is 2.37. The largest absolute Gasteiger partial charge is 0.505 e. The number of rotatable bonds is 7. The van der Waals surface area contributed by atoms with Crippen molar-refractivity contribution in [2.24, 2.45) is 0 Å². The number of hydrogen-bond acceptors (Lipinski definition) is 10. The number of nitrogens with zero attached hydrogens (tertiary/aromatic N) is 8. The van der Waals surface area contributed by atoms with Gasteiger partial charge in [-0.05, 0) is 43.2 Å². The molecule has 6 rings (SSSR count). The summed E-state index contributed by atoms with van der Waals surface area (Å²) in [6.07, 6.45) is -3.03. The number of benzene rings is 1. The Morgan fingerprint density at radius 2 is 1.80 bits per heavy atom. The number of carbonyl (C=O) groups is 2. The lowest BCUT2D eigenvalue weighted by Gasteiger charge is -2.36. The number of piperazine rings is 1. The predicted molar refractivity (Wildman–Crippen MR) is 173 cm³/mol. The number of aromatic nitrogens is 5. The number of alkyl halides is 3. The summed E-state index contributed by atoms with van der Waals surface area (Å²) in [5, 5.41) is 16.7. The van der Waals surface area contributed by atoms with E-state index < -0.39 is 40.7 Å². The van der Waals surface area contributed by atoms with Crippen molar-refractivity contribution in [2.75, 3.05) is 67.6 Å². The van der Waals surface area contributed by atoms with Crippen LogP contribution in [0, 0.1) is 6.92 Å². The lowest BCUT2D eigenvalue weighted by Crippen LogP contribution is -2.51. The van der Waals surface area contributed by atoms with Crippen LogP contribution in [0.1, 0.15) is 34.2 Å². The number of aryl methyl sites for hydroxylation is 1. The van der Waals surface area contributed by atoms with E-state index in [1.54, 1.807) is 4.57 Å². The number of morpholine rings is 1. The van der Waals surface area contributed by atoms with Crippen molar-refractivity contribution in [1.82, 2.24) is 29.0 Å². The number of aromatic hydroxyl groups is 1. The van der Waals surface area contributed by atoms with Gasteiger partial charge in [0.05, 0.1) is 29.5 Å². The Bertz CT molecular complexity index is 1970. The zero-order valence-corrected chi connectivity index (χ0v) is 27.4. The molecule has 2 fully saturated rings. The summed E-state index contributed by atoms with van der Waals surface area (Å²) < 4.78 is 48.9. The first-order valence-electron chi connectivity index (χ1n) is 15.6. The van der Waals surface area contributed by atoms with Gasteiger partial charge in [0.15, 0.2) is 5.69 Å². The third kappa shape index (κ3) is 6.72. The third-order valence-electron chi connectivity index (χ3n) is 8.51. The topological polar surface area (TPSA) is 150 Å². The lowest BCUT2D eigenvalue weighted by atomic mass is 10.1. The zero-order chi connectivity index (χ0) is 35.0. The summed E-state index contributed by atoms with van der Waals surface area (Å²) in [6.45, 7) is 5.70. The molecule has 4 aromatic rings. The molecule has 2 aliphatic heterocycles. The second-order valence-corrected chi connectivity index (χ2v) is 12.0. The fraction of sp³-hybridized carbons (Fsp3) is 0.419. The standard InChI is InChI=1S/C31H33ClF3N9O5/c1-3-22-26(40-7-9-41(10-8-40)27(47)25-23(45)5-4-6-36-25)28(48)44-30(38-29(39-44)42-11-13-49-14-12-42)43(22)17-24(46)37-21-16-19(31(33,34)35)20(32)15-18(21)2/h4-6,15-16,45H,3,7-14,17H2,1-2H3,(H,37,46). The molecule has 260 valence electrons. The highest BCUT2D eigenvalue weighted by atomic mass is 35.5. The van der Waals surface area contributed by atoms with Gasteiger partial charge in [-0.2, -0.15) is 22.7 Å². The molecular formula is C31H33ClF3N9O5. The Kier molecular flexibility index (Phi) is 9.39. The maximum absolute atomic E-state index is 14.1. The minimum absolute atomic E-state index is 0.0627. The van der Waals surface area contributed by atoms with Gasteiger partial charge in [0.1, 0.15) is 18.0 Å². The van der Waals surface area contributed by atoms with Crippen molar-refractivity contribution < 1.29 is 32.6 Å².